The number of nitrogens with one attached hydrogen (secondary N) is 1. The van der Waals surface area contributed by atoms with Gasteiger partial charge in [-0.05, 0) is 70.4 Å². The first-order chi connectivity index (χ1) is 19.3. The highest BCUT2D eigenvalue weighted by atomic mass is 31.2. The van der Waals surface area contributed by atoms with Crippen LogP contribution in [0.2, 0.25) is 0 Å². The molecule has 2 unspecified atom stereocenters. The van der Waals surface area contributed by atoms with E-state index in [1.807, 2.05) is 24.3 Å². The second-order valence-electron chi connectivity index (χ2n) is 11.7. The van der Waals surface area contributed by atoms with E-state index in [4.69, 9.17) is 9.05 Å². The zero-order valence-corrected chi connectivity index (χ0v) is 25.1. The summed E-state index contributed by atoms with van der Waals surface area (Å²) in [5.41, 5.74) is 0.567. The maximum atomic E-state index is 14.0. The van der Waals surface area contributed by atoms with Crippen molar-refractivity contribution in [2.45, 2.75) is 116 Å². The fourth-order valence-electron chi connectivity index (χ4n) is 7.44. The van der Waals surface area contributed by atoms with Gasteiger partial charge >= 0.3 is 7.75 Å². The molecule has 1 aliphatic carbocycles. The molecule has 3 fully saturated rings. The number of benzene rings is 1. The number of carbonyl (C=O) groups excluding carboxylic acids is 1. The van der Waals surface area contributed by atoms with Gasteiger partial charge in [0.25, 0.3) is 11.5 Å². The van der Waals surface area contributed by atoms with Gasteiger partial charge in [-0.15, -0.1) is 0 Å². The van der Waals surface area contributed by atoms with E-state index >= 15 is 0 Å². The van der Waals surface area contributed by atoms with Crippen molar-refractivity contribution in [2.24, 2.45) is 5.92 Å². The Morgan fingerprint density at radius 1 is 0.950 bits per heavy atom. The Morgan fingerprint density at radius 2 is 1.62 bits per heavy atom. The van der Waals surface area contributed by atoms with Crippen LogP contribution in [0, 0.1) is 5.92 Å². The molecule has 0 spiro atoms. The summed E-state index contributed by atoms with van der Waals surface area (Å²) in [4.78, 5) is 34.7. The molecule has 9 nitrogen and oxygen atoms in total. The van der Waals surface area contributed by atoms with E-state index < -0.39 is 19.2 Å². The van der Waals surface area contributed by atoms with Crippen molar-refractivity contribution >= 4 is 24.7 Å². The van der Waals surface area contributed by atoms with Crippen molar-refractivity contribution in [3.05, 3.63) is 40.3 Å². The molecule has 3 aliphatic rings. The monoisotopic (exact) mass is 572 g/mol. The second kappa shape index (κ2) is 12.8. The molecule has 10 heteroatoms. The summed E-state index contributed by atoms with van der Waals surface area (Å²) < 4.78 is 25.3. The normalized spacial score (nSPS) is 26.8. The molecule has 1 aromatic carbocycles. The third-order valence-corrected chi connectivity index (χ3v) is 10.9. The van der Waals surface area contributed by atoms with Crippen LogP contribution < -0.4 is 10.6 Å². The minimum absolute atomic E-state index is 0.0416. The van der Waals surface area contributed by atoms with Gasteiger partial charge in [-0.2, -0.15) is 0 Å². The van der Waals surface area contributed by atoms with Crippen LogP contribution in [0.5, 0.6) is 0 Å². The summed E-state index contributed by atoms with van der Waals surface area (Å²) in [6.07, 6.45) is 13.3. The molecular weight excluding hydrogens is 527 g/mol. The molecular formula is C30H45N4O5P. The zero-order valence-electron chi connectivity index (χ0n) is 24.2. The molecule has 2 bridgehead atoms. The van der Waals surface area contributed by atoms with E-state index in [1.165, 1.54) is 51.4 Å². The molecule has 2 aromatic rings. The first-order valence-electron chi connectivity index (χ1n) is 15.4. The van der Waals surface area contributed by atoms with Gasteiger partial charge < -0.3 is 4.57 Å². The molecule has 1 amide bonds. The standard InChI is InChI=1S/C30H45N4O5P/c1-4-38-40(37,39-5-2)32-29(35)28-30(36)34(26-16-12-11-15-25(26)31-28)24-19-23-18-17-21(3)27(20-24)33(23)22-13-9-7-6-8-10-14-22/h11-12,15-16,21-24,27H,4-10,13-14,17-20H2,1-3H3,(H,32,35,37)/t21?,23-,24+,27?/m1/s1. The summed E-state index contributed by atoms with van der Waals surface area (Å²) >= 11 is 0. The van der Waals surface area contributed by atoms with Crippen molar-refractivity contribution in [3.63, 3.8) is 0 Å². The third kappa shape index (κ3) is 6.08. The minimum atomic E-state index is -3.92. The lowest BCUT2D eigenvalue weighted by Gasteiger charge is -2.55. The van der Waals surface area contributed by atoms with Gasteiger partial charge in [-0.1, -0.05) is 51.2 Å². The highest BCUT2D eigenvalue weighted by Crippen LogP contribution is 2.45. The molecule has 40 heavy (non-hydrogen) atoms. The maximum Gasteiger partial charge on any atom is 0.435 e. The van der Waals surface area contributed by atoms with Crippen molar-refractivity contribution < 1.29 is 18.4 Å². The maximum absolute atomic E-state index is 14.0. The number of hydrogen-bond donors (Lipinski definition) is 1. The topological polar surface area (TPSA) is 103 Å². The molecule has 0 radical (unpaired) electrons. The predicted molar refractivity (Wildman–Crippen MR) is 157 cm³/mol. The smallest absolute Gasteiger partial charge is 0.302 e. The van der Waals surface area contributed by atoms with Crippen LogP contribution >= 0.6 is 7.75 Å². The summed E-state index contributed by atoms with van der Waals surface area (Å²) in [7, 11) is -3.92. The van der Waals surface area contributed by atoms with Crippen molar-refractivity contribution in [1.82, 2.24) is 19.5 Å². The van der Waals surface area contributed by atoms with Gasteiger partial charge in [0.1, 0.15) is 0 Å². The van der Waals surface area contributed by atoms with E-state index in [2.05, 4.69) is 21.9 Å². The average Bonchev–Trinajstić information content (AvgIpc) is 2.90. The van der Waals surface area contributed by atoms with Crippen LogP contribution in [0.4, 0.5) is 0 Å². The van der Waals surface area contributed by atoms with Crippen molar-refractivity contribution in [1.29, 1.82) is 0 Å². The second-order valence-corrected chi connectivity index (χ2v) is 13.5. The summed E-state index contributed by atoms with van der Waals surface area (Å²) in [5.74, 6) is -0.283. The van der Waals surface area contributed by atoms with Crippen LogP contribution in [0.25, 0.3) is 11.0 Å². The lowest BCUT2D eigenvalue weighted by atomic mass is 9.74. The fourth-order valence-corrected chi connectivity index (χ4v) is 8.68. The summed E-state index contributed by atoms with van der Waals surface area (Å²) in [5, 5.41) is 2.34. The number of aromatic nitrogens is 2. The Morgan fingerprint density at radius 3 is 2.33 bits per heavy atom. The molecule has 2 aliphatic heterocycles. The van der Waals surface area contributed by atoms with Crippen LogP contribution in [-0.4, -0.2) is 51.7 Å². The Balaban J connectivity index is 1.50. The lowest BCUT2D eigenvalue weighted by Crippen LogP contribution is -2.59. The van der Waals surface area contributed by atoms with Crippen LogP contribution in [-0.2, 0) is 13.6 Å². The Labute approximate surface area is 237 Å². The van der Waals surface area contributed by atoms with Gasteiger partial charge in [0.15, 0.2) is 5.69 Å². The van der Waals surface area contributed by atoms with E-state index in [1.54, 1.807) is 18.4 Å². The highest BCUT2D eigenvalue weighted by molar-refractivity contribution is 7.52. The largest absolute Gasteiger partial charge is 0.435 e. The highest BCUT2D eigenvalue weighted by Gasteiger charge is 2.45. The number of nitrogens with zero attached hydrogens (tertiary/aromatic N) is 3. The van der Waals surface area contributed by atoms with E-state index in [9.17, 15) is 14.2 Å². The van der Waals surface area contributed by atoms with E-state index in [0.29, 0.717) is 29.6 Å². The molecule has 1 N–H and O–H groups in total. The minimum Gasteiger partial charge on any atom is -0.302 e. The van der Waals surface area contributed by atoms with Gasteiger partial charge in [0.2, 0.25) is 0 Å². The SMILES string of the molecule is CCOP(=O)(NC(=O)c1nc2ccccc2n([C@@H]2CC3C(C)CC[C@H](C2)N3C2CCCCCCC2)c1=O)OCC. The third-order valence-electron chi connectivity index (χ3n) is 9.18. The molecule has 220 valence electrons. The molecule has 1 saturated carbocycles. The van der Waals surface area contributed by atoms with E-state index in [-0.39, 0.29) is 24.9 Å². The Kier molecular flexibility index (Phi) is 9.45. The number of amides is 1. The number of fused-ring (bicyclic) bond motifs is 3. The van der Waals surface area contributed by atoms with Gasteiger partial charge in [-0.3, -0.25) is 28.6 Å². The summed E-state index contributed by atoms with van der Waals surface area (Å²) in [6.45, 7) is 5.88. The van der Waals surface area contributed by atoms with Crippen LogP contribution in [0.1, 0.15) is 108 Å². The van der Waals surface area contributed by atoms with Crippen LogP contribution in [0.3, 0.4) is 0 Å². The molecule has 3 heterocycles. The van der Waals surface area contributed by atoms with Crippen molar-refractivity contribution in [2.75, 3.05) is 13.2 Å². The first-order valence-corrected chi connectivity index (χ1v) is 16.9. The number of carbonyl (C=O) groups is 1. The fraction of sp³-hybridized carbons (Fsp3) is 0.700. The number of rotatable bonds is 8. The van der Waals surface area contributed by atoms with Gasteiger partial charge in [0.05, 0.1) is 24.2 Å². The molecule has 1 aromatic heterocycles. The molecule has 5 rings (SSSR count). The number of piperidine rings is 2. The zero-order chi connectivity index (χ0) is 28.3. The number of hydrogen-bond acceptors (Lipinski definition) is 7. The predicted octanol–water partition coefficient (Wildman–Crippen LogP) is 6.22. The number of para-hydroxylation sites is 2. The Hall–Kier alpha value is -2.06. The quantitative estimate of drug-likeness (QED) is 0.375. The Bertz CT molecular complexity index is 1280. The first kappa shape index (κ1) is 29.4. The average molecular weight is 573 g/mol. The molecule has 4 atom stereocenters. The lowest BCUT2D eigenvalue weighted by molar-refractivity contribution is -0.0499. The van der Waals surface area contributed by atoms with Crippen LogP contribution in [0.15, 0.2) is 29.1 Å². The van der Waals surface area contributed by atoms with Crippen molar-refractivity contribution in [3.8, 4) is 0 Å². The summed E-state index contributed by atoms with van der Waals surface area (Å²) in [6, 6.07) is 8.91. The van der Waals surface area contributed by atoms with Gasteiger partial charge in [-0.25, -0.2) is 9.55 Å². The van der Waals surface area contributed by atoms with E-state index in [0.717, 1.165) is 24.8 Å². The van der Waals surface area contributed by atoms with Gasteiger partial charge in [0, 0.05) is 24.2 Å². The molecule has 2 saturated heterocycles.